The molecule has 0 unspecified atom stereocenters. The van der Waals surface area contributed by atoms with Crippen molar-refractivity contribution in [2.45, 2.75) is 59.3 Å². The zero-order chi connectivity index (χ0) is 26.8. The molecule has 2 aromatic heterocycles. The van der Waals surface area contributed by atoms with Crippen LogP contribution < -0.4 is 0 Å². The topological polar surface area (TPSA) is 142 Å². The Morgan fingerprint density at radius 3 is 2.14 bits per heavy atom. The lowest BCUT2D eigenvalue weighted by Crippen LogP contribution is -2.41. The fourth-order valence-electron chi connectivity index (χ4n) is 3.50. The van der Waals surface area contributed by atoms with Gasteiger partial charge in [0.2, 0.25) is 0 Å². The van der Waals surface area contributed by atoms with Gasteiger partial charge in [-0.25, -0.2) is 0 Å². The van der Waals surface area contributed by atoms with Gasteiger partial charge < -0.3 is 4.43 Å². The Morgan fingerprint density at radius 1 is 0.972 bits per heavy atom. The molecular weight excluding hydrogens is 480 g/mol. The Morgan fingerprint density at radius 2 is 1.56 bits per heavy atom. The van der Waals surface area contributed by atoms with Gasteiger partial charge in [0, 0.05) is 34.0 Å². The van der Waals surface area contributed by atoms with Crippen LogP contribution in [0.1, 0.15) is 31.9 Å². The van der Waals surface area contributed by atoms with Gasteiger partial charge in [-0.3, -0.25) is 30.0 Å². The predicted octanol–water partition coefficient (Wildman–Crippen LogP) is 6.05. The highest BCUT2D eigenvalue weighted by molar-refractivity contribution is 6.74. The van der Waals surface area contributed by atoms with E-state index in [0.717, 1.165) is 16.3 Å². The third kappa shape index (κ3) is 5.77. The van der Waals surface area contributed by atoms with Crippen molar-refractivity contribution >= 4 is 41.5 Å². The Balaban J connectivity index is 0.000000233. The summed E-state index contributed by atoms with van der Waals surface area (Å²) >= 11 is 0. The molecule has 0 aliphatic rings. The van der Waals surface area contributed by atoms with Crippen molar-refractivity contribution in [2.75, 3.05) is 6.61 Å². The summed E-state index contributed by atoms with van der Waals surface area (Å²) in [5, 5.41) is 34.5. The Kier molecular flexibility index (Phi) is 7.60. The van der Waals surface area contributed by atoms with Gasteiger partial charge in [0.1, 0.15) is 0 Å². The highest BCUT2D eigenvalue weighted by Crippen LogP contribution is 2.36. The molecule has 0 aliphatic carbocycles. The van der Waals surface area contributed by atoms with E-state index in [-0.39, 0.29) is 21.3 Å². The lowest BCUT2D eigenvalue weighted by molar-refractivity contribution is -0.385. The number of nitrogens with one attached hydrogen (secondary N) is 1. The molecule has 36 heavy (non-hydrogen) atoms. The monoisotopic (exact) mass is 512 g/mol. The summed E-state index contributed by atoms with van der Waals surface area (Å²) in [6, 6.07) is 6.66. The van der Waals surface area contributed by atoms with Gasteiger partial charge >= 0.3 is 0 Å². The normalized spacial score (nSPS) is 12.0. The van der Waals surface area contributed by atoms with Crippen LogP contribution in [-0.4, -0.2) is 44.7 Å². The van der Waals surface area contributed by atoms with E-state index in [4.69, 9.17) is 4.43 Å². The molecule has 12 heteroatoms. The zero-order valence-electron chi connectivity index (χ0n) is 21.7. The third-order valence-electron chi connectivity index (χ3n) is 6.68. The first-order valence-corrected chi connectivity index (χ1v) is 14.4. The number of benzene rings is 2. The molecule has 0 radical (unpaired) electrons. The molecule has 4 rings (SSSR count). The second-order valence-corrected chi connectivity index (χ2v) is 15.1. The van der Waals surface area contributed by atoms with Crippen molar-refractivity contribution < 1.29 is 14.3 Å². The molecular formula is C24H32N6O5Si. The number of aromatic amines is 1. The van der Waals surface area contributed by atoms with Crippen molar-refractivity contribution in [2.24, 2.45) is 0 Å². The van der Waals surface area contributed by atoms with Gasteiger partial charge in [-0.2, -0.15) is 10.2 Å². The van der Waals surface area contributed by atoms with Crippen LogP contribution in [0.3, 0.4) is 0 Å². The number of nitro benzene ring substituents is 2. The van der Waals surface area contributed by atoms with Gasteiger partial charge in [0.25, 0.3) is 11.4 Å². The highest BCUT2D eigenvalue weighted by Gasteiger charge is 2.36. The number of aryl methyl sites for hydroxylation is 2. The van der Waals surface area contributed by atoms with Crippen LogP contribution in [0, 0.1) is 34.1 Å². The molecule has 192 valence electrons. The fourth-order valence-corrected chi connectivity index (χ4v) is 4.53. The summed E-state index contributed by atoms with van der Waals surface area (Å²) < 4.78 is 7.95. The average Bonchev–Trinajstić information content (AvgIpc) is 3.38. The number of hydrogen-bond donors (Lipinski definition) is 1. The van der Waals surface area contributed by atoms with E-state index in [1.807, 2.05) is 6.07 Å². The molecule has 0 atom stereocenters. The van der Waals surface area contributed by atoms with Crippen LogP contribution in [0.5, 0.6) is 0 Å². The SMILES string of the molecule is Cc1cc2cn[nH]c2cc1[N+](=O)[O-].Cc1cc2cnn(CCO[Si](C)(C)C(C)(C)C)c2cc1[N+](=O)[O-]. The quantitative estimate of drug-likeness (QED) is 0.188. The third-order valence-corrected chi connectivity index (χ3v) is 11.2. The number of H-pyrrole nitrogens is 1. The number of fused-ring (bicyclic) bond motifs is 2. The first-order valence-electron chi connectivity index (χ1n) is 11.5. The van der Waals surface area contributed by atoms with Crippen molar-refractivity contribution in [1.82, 2.24) is 20.0 Å². The molecule has 0 spiro atoms. The summed E-state index contributed by atoms with van der Waals surface area (Å²) in [6.07, 6.45) is 3.39. The maximum Gasteiger partial charge on any atom is 0.274 e. The van der Waals surface area contributed by atoms with E-state index in [1.165, 1.54) is 6.07 Å². The van der Waals surface area contributed by atoms with Gasteiger partial charge in [-0.05, 0) is 44.1 Å². The summed E-state index contributed by atoms with van der Waals surface area (Å²) in [6.45, 7) is 15.6. The number of nitrogens with zero attached hydrogens (tertiary/aromatic N) is 5. The molecule has 0 fully saturated rings. The molecule has 4 aromatic rings. The molecule has 0 saturated heterocycles. The van der Waals surface area contributed by atoms with E-state index in [1.54, 1.807) is 43.1 Å². The standard InChI is InChI=1S/C16H25N3O3Si.C8H7N3O2/c1-12-9-13-11-17-18(15(13)10-14(12)19(20)21)7-8-22-23(5,6)16(2,3)4;1-5-2-6-4-9-10-7(6)3-8(5)11(12)13/h9-11H,7-8H2,1-6H3;2-4H,1H3,(H,9,10). The molecule has 2 heterocycles. The number of rotatable bonds is 6. The maximum absolute atomic E-state index is 11.1. The summed E-state index contributed by atoms with van der Waals surface area (Å²) in [5.74, 6) is 0. The van der Waals surface area contributed by atoms with Crippen molar-refractivity contribution in [3.05, 3.63) is 68.0 Å². The molecule has 0 amide bonds. The maximum atomic E-state index is 11.1. The minimum atomic E-state index is -1.79. The Bertz CT molecular complexity index is 1420. The second kappa shape index (κ2) is 10.2. The van der Waals surface area contributed by atoms with Gasteiger partial charge in [0.15, 0.2) is 8.32 Å². The van der Waals surface area contributed by atoms with Crippen molar-refractivity contribution in [3.63, 3.8) is 0 Å². The highest BCUT2D eigenvalue weighted by atomic mass is 28.4. The van der Waals surface area contributed by atoms with E-state index >= 15 is 0 Å². The minimum absolute atomic E-state index is 0.122. The van der Waals surface area contributed by atoms with E-state index < -0.39 is 13.2 Å². The van der Waals surface area contributed by atoms with Crippen LogP contribution in [0.15, 0.2) is 36.7 Å². The lowest BCUT2D eigenvalue weighted by Gasteiger charge is -2.36. The smallest absolute Gasteiger partial charge is 0.274 e. The van der Waals surface area contributed by atoms with E-state index in [0.29, 0.717) is 29.8 Å². The van der Waals surface area contributed by atoms with E-state index in [9.17, 15) is 20.2 Å². The number of nitro groups is 2. The zero-order valence-corrected chi connectivity index (χ0v) is 22.7. The second-order valence-electron chi connectivity index (χ2n) is 10.3. The predicted molar refractivity (Wildman–Crippen MR) is 142 cm³/mol. The van der Waals surface area contributed by atoms with Crippen LogP contribution >= 0.6 is 0 Å². The summed E-state index contributed by atoms with van der Waals surface area (Å²) in [5.41, 5.74) is 3.03. The first-order chi connectivity index (χ1) is 16.7. The molecule has 11 nitrogen and oxygen atoms in total. The number of hydrogen-bond acceptors (Lipinski definition) is 7. The minimum Gasteiger partial charge on any atom is -0.415 e. The lowest BCUT2D eigenvalue weighted by atomic mass is 10.1. The van der Waals surface area contributed by atoms with Gasteiger partial charge in [-0.15, -0.1) is 0 Å². The molecule has 0 bridgehead atoms. The molecule has 1 N–H and O–H groups in total. The van der Waals surface area contributed by atoms with Crippen LogP contribution in [0.4, 0.5) is 11.4 Å². The summed E-state index contributed by atoms with van der Waals surface area (Å²) in [4.78, 5) is 20.9. The molecule has 0 aliphatic heterocycles. The fraction of sp³-hybridized carbons (Fsp3) is 0.417. The van der Waals surface area contributed by atoms with Crippen LogP contribution in [-0.2, 0) is 11.0 Å². The molecule has 0 saturated carbocycles. The Labute approximate surface area is 209 Å². The first kappa shape index (κ1) is 27.0. The largest absolute Gasteiger partial charge is 0.415 e. The summed E-state index contributed by atoms with van der Waals surface area (Å²) in [7, 11) is -1.79. The van der Waals surface area contributed by atoms with Crippen molar-refractivity contribution in [1.29, 1.82) is 0 Å². The van der Waals surface area contributed by atoms with Gasteiger partial charge in [-0.1, -0.05) is 20.8 Å². The van der Waals surface area contributed by atoms with Crippen LogP contribution in [0.25, 0.3) is 21.8 Å². The van der Waals surface area contributed by atoms with E-state index in [2.05, 4.69) is 49.2 Å². The average molecular weight is 513 g/mol. The Hall–Kier alpha value is -3.64. The van der Waals surface area contributed by atoms with Crippen LogP contribution in [0.2, 0.25) is 18.1 Å². The van der Waals surface area contributed by atoms with Crippen molar-refractivity contribution in [3.8, 4) is 0 Å². The number of aromatic nitrogens is 4. The molecule has 2 aromatic carbocycles. The van der Waals surface area contributed by atoms with Gasteiger partial charge in [0.05, 0.1) is 46.4 Å².